The lowest BCUT2D eigenvalue weighted by Crippen LogP contribution is -2.27. The van der Waals surface area contributed by atoms with Gasteiger partial charge in [-0.25, -0.2) is 13.1 Å². The SMILES string of the molecule is CCCOc1ccc(S(=O)(=O)NCCCNCC)cc1. The lowest BCUT2D eigenvalue weighted by molar-refractivity contribution is 0.317. The van der Waals surface area contributed by atoms with Gasteiger partial charge in [0.05, 0.1) is 11.5 Å². The minimum absolute atomic E-state index is 0.268. The van der Waals surface area contributed by atoms with E-state index in [1.54, 1.807) is 24.3 Å². The molecule has 2 N–H and O–H groups in total. The van der Waals surface area contributed by atoms with Crippen LogP contribution in [0.5, 0.6) is 5.75 Å². The Hall–Kier alpha value is -1.11. The predicted octanol–water partition coefficient (Wildman–Crippen LogP) is 1.75. The van der Waals surface area contributed by atoms with Crippen LogP contribution >= 0.6 is 0 Å². The van der Waals surface area contributed by atoms with Crippen molar-refractivity contribution in [1.29, 1.82) is 0 Å². The first-order valence-electron chi connectivity index (χ1n) is 7.03. The largest absolute Gasteiger partial charge is 0.494 e. The summed E-state index contributed by atoms with van der Waals surface area (Å²) in [5.41, 5.74) is 0. The van der Waals surface area contributed by atoms with Crippen molar-refractivity contribution < 1.29 is 13.2 Å². The number of sulfonamides is 1. The van der Waals surface area contributed by atoms with Crippen molar-refractivity contribution in [2.75, 3.05) is 26.2 Å². The van der Waals surface area contributed by atoms with Crippen molar-refractivity contribution in [3.63, 3.8) is 0 Å². The minimum Gasteiger partial charge on any atom is -0.494 e. The zero-order chi connectivity index (χ0) is 14.8. The van der Waals surface area contributed by atoms with Crippen molar-refractivity contribution in [3.8, 4) is 5.75 Å². The number of hydrogen-bond acceptors (Lipinski definition) is 4. The molecule has 1 aromatic rings. The van der Waals surface area contributed by atoms with E-state index >= 15 is 0 Å². The summed E-state index contributed by atoms with van der Waals surface area (Å²) in [7, 11) is -3.42. The third-order valence-corrected chi connectivity index (χ3v) is 4.16. The number of hydrogen-bond donors (Lipinski definition) is 2. The molecule has 0 saturated heterocycles. The van der Waals surface area contributed by atoms with E-state index in [9.17, 15) is 8.42 Å². The Morgan fingerprint density at radius 3 is 2.40 bits per heavy atom. The van der Waals surface area contributed by atoms with Crippen LogP contribution in [0.1, 0.15) is 26.7 Å². The molecular weight excluding hydrogens is 276 g/mol. The van der Waals surface area contributed by atoms with E-state index in [0.29, 0.717) is 18.9 Å². The number of nitrogens with one attached hydrogen (secondary N) is 2. The maximum Gasteiger partial charge on any atom is 0.240 e. The average Bonchev–Trinajstić information content (AvgIpc) is 2.45. The molecule has 0 unspecified atom stereocenters. The summed E-state index contributed by atoms with van der Waals surface area (Å²) in [6.07, 6.45) is 1.69. The zero-order valence-corrected chi connectivity index (χ0v) is 13.0. The van der Waals surface area contributed by atoms with Gasteiger partial charge in [0.25, 0.3) is 0 Å². The van der Waals surface area contributed by atoms with Crippen LogP contribution in [-0.2, 0) is 10.0 Å². The van der Waals surface area contributed by atoms with Crippen LogP contribution in [0, 0.1) is 0 Å². The summed E-state index contributed by atoms with van der Waals surface area (Å²) in [6, 6.07) is 6.50. The number of benzene rings is 1. The van der Waals surface area contributed by atoms with Gasteiger partial charge in [-0.1, -0.05) is 13.8 Å². The molecule has 0 radical (unpaired) electrons. The third kappa shape index (κ3) is 5.90. The molecule has 0 bridgehead atoms. The second-order valence-electron chi connectivity index (χ2n) is 4.42. The topological polar surface area (TPSA) is 67.4 Å². The molecule has 0 amide bonds. The molecule has 6 heteroatoms. The van der Waals surface area contributed by atoms with Gasteiger partial charge in [0.15, 0.2) is 0 Å². The molecule has 0 saturated carbocycles. The monoisotopic (exact) mass is 300 g/mol. The van der Waals surface area contributed by atoms with Crippen molar-refractivity contribution in [2.24, 2.45) is 0 Å². The van der Waals surface area contributed by atoms with E-state index in [0.717, 1.165) is 25.9 Å². The van der Waals surface area contributed by atoms with Crippen molar-refractivity contribution >= 4 is 10.0 Å². The standard InChI is InChI=1S/C14H24N2O3S/c1-3-12-19-13-6-8-14(9-7-13)20(17,18)16-11-5-10-15-4-2/h6-9,15-16H,3-5,10-12H2,1-2H3. The van der Waals surface area contributed by atoms with Crippen LogP contribution in [0.2, 0.25) is 0 Å². The average molecular weight is 300 g/mol. The smallest absolute Gasteiger partial charge is 0.240 e. The summed E-state index contributed by atoms with van der Waals surface area (Å²) in [5, 5.41) is 3.15. The van der Waals surface area contributed by atoms with Gasteiger partial charge in [0.2, 0.25) is 10.0 Å². The van der Waals surface area contributed by atoms with Crippen LogP contribution in [0.3, 0.4) is 0 Å². The molecule has 0 atom stereocenters. The summed E-state index contributed by atoms with van der Waals surface area (Å²) >= 11 is 0. The second-order valence-corrected chi connectivity index (χ2v) is 6.19. The van der Waals surface area contributed by atoms with Crippen molar-refractivity contribution in [1.82, 2.24) is 10.0 Å². The van der Waals surface area contributed by atoms with E-state index in [2.05, 4.69) is 10.0 Å². The third-order valence-electron chi connectivity index (χ3n) is 2.68. The molecule has 0 aromatic heterocycles. The molecular formula is C14H24N2O3S. The Bertz CT molecular complexity index is 472. The van der Waals surface area contributed by atoms with Crippen molar-refractivity contribution in [3.05, 3.63) is 24.3 Å². The fourth-order valence-corrected chi connectivity index (χ4v) is 2.69. The zero-order valence-electron chi connectivity index (χ0n) is 12.2. The second kappa shape index (κ2) is 8.94. The fraction of sp³-hybridized carbons (Fsp3) is 0.571. The maximum absolute atomic E-state index is 12.0. The van der Waals surface area contributed by atoms with Gasteiger partial charge in [0.1, 0.15) is 5.75 Å². The highest BCUT2D eigenvalue weighted by atomic mass is 32.2. The molecule has 1 aromatic carbocycles. The first-order valence-corrected chi connectivity index (χ1v) is 8.51. The van der Waals surface area contributed by atoms with Crippen LogP contribution in [0.15, 0.2) is 29.2 Å². The quantitative estimate of drug-likeness (QED) is 0.646. The lowest BCUT2D eigenvalue weighted by atomic mass is 10.3. The van der Waals surface area contributed by atoms with Gasteiger partial charge in [-0.3, -0.25) is 0 Å². The molecule has 0 aliphatic carbocycles. The highest BCUT2D eigenvalue weighted by Gasteiger charge is 2.12. The van der Waals surface area contributed by atoms with Crippen LogP contribution in [-0.4, -0.2) is 34.7 Å². The molecule has 0 aliphatic rings. The van der Waals surface area contributed by atoms with Crippen LogP contribution in [0.4, 0.5) is 0 Å². The summed E-state index contributed by atoms with van der Waals surface area (Å²) < 4.78 is 32.0. The number of rotatable bonds is 10. The minimum atomic E-state index is -3.42. The van der Waals surface area contributed by atoms with E-state index in [-0.39, 0.29) is 4.90 Å². The van der Waals surface area contributed by atoms with Crippen molar-refractivity contribution in [2.45, 2.75) is 31.6 Å². The van der Waals surface area contributed by atoms with E-state index in [1.807, 2.05) is 13.8 Å². The Morgan fingerprint density at radius 1 is 1.10 bits per heavy atom. The Morgan fingerprint density at radius 2 is 1.80 bits per heavy atom. The molecule has 0 heterocycles. The van der Waals surface area contributed by atoms with Gasteiger partial charge in [-0.15, -0.1) is 0 Å². The van der Waals surface area contributed by atoms with Gasteiger partial charge in [0, 0.05) is 6.54 Å². The van der Waals surface area contributed by atoms with Crippen LogP contribution < -0.4 is 14.8 Å². The molecule has 20 heavy (non-hydrogen) atoms. The van der Waals surface area contributed by atoms with Gasteiger partial charge in [-0.05, 0) is 50.2 Å². The van der Waals surface area contributed by atoms with Gasteiger partial charge >= 0.3 is 0 Å². The van der Waals surface area contributed by atoms with Gasteiger partial charge < -0.3 is 10.1 Å². The highest BCUT2D eigenvalue weighted by molar-refractivity contribution is 7.89. The van der Waals surface area contributed by atoms with Gasteiger partial charge in [-0.2, -0.15) is 0 Å². The summed E-state index contributed by atoms with van der Waals surface area (Å²) in [6.45, 7) is 6.81. The first kappa shape index (κ1) is 16.9. The lowest BCUT2D eigenvalue weighted by Gasteiger charge is -2.08. The molecule has 0 fully saturated rings. The van der Waals surface area contributed by atoms with Crippen LogP contribution in [0.25, 0.3) is 0 Å². The Kier molecular flexibility index (Phi) is 7.58. The molecule has 5 nitrogen and oxygen atoms in total. The van der Waals surface area contributed by atoms with E-state index in [1.165, 1.54) is 0 Å². The van der Waals surface area contributed by atoms with E-state index in [4.69, 9.17) is 4.74 Å². The summed E-state index contributed by atoms with van der Waals surface area (Å²) in [4.78, 5) is 0.268. The van der Waals surface area contributed by atoms with E-state index < -0.39 is 10.0 Å². The molecule has 0 spiro atoms. The number of ether oxygens (including phenoxy) is 1. The normalized spacial score (nSPS) is 11.5. The Balaban J connectivity index is 2.50. The maximum atomic E-state index is 12.0. The fourth-order valence-electron chi connectivity index (χ4n) is 1.61. The predicted molar refractivity (Wildman–Crippen MR) is 80.6 cm³/mol. The molecule has 114 valence electrons. The Labute approximate surface area is 121 Å². The molecule has 1 rings (SSSR count). The first-order chi connectivity index (χ1) is 9.60. The highest BCUT2D eigenvalue weighted by Crippen LogP contribution is 2.15. The molecule has 0 aliphatic heterocycles. The summed E-state index contributed by atoms with van der Waals surface area (Å²) in [5.74, 6) is 0.693.